The maximum Gasteiger partial charge on any atom is 0.257 e. The maximum atomic E-state index is 12.8. The Morgan fingerprint density at radius 3 is 2.21 bits per heavy atom. The van der Waals surface area contributed by atoms with Crippen molar-refractivity contribution in [2.24, 2.45) is 0 Å². The van der Waals surface area contributed by atoms with Crippen molar-refractivity contribution in [2.45, 2.75) is 0 Å². The summed E-state index contributed by atoms with van der Waals surface area (Å²) in [5.41, 5.74) is 1.42. The van der Waals surface area contributed by atoms with Crippen molar-refractivity contribution in [3.63, 3.8) is 0 Å². The van der Waals surface area contributed by atoms with Gasteiger partial charge in [-0.15, -0.1) is 0 Å². The van der Waals surface area contributed by atoms with E-state index in [9.17, 15) is 18.0 Å². The van der Waals surface area contributed by atoms with Gasteiger partial charge in [-0.3, -0.25) is 14.3 Å². The second-order valence-electron chi connectivity index (χ2n) is 6.26. The fraction of sp³-hybridized carbons (Fsp3) is 0.0476. The molecule has 0 aromatic heterocycles. The van der Waals surface area contributed by atoms with E-state index in [1.54, 1.807) is 48.5 Å². The molecule has 148 valence electrons. The smallest absolute Gasteiger partial charge is 0.257 e. The van der Waals surface area contributed by atoms with Gasteiger partial charge >= 0.3 is 0 Å². The Morgan fingerprint density at radius 1 is 0.862 bits per heavy atom. The molecule has 3 rings (SSSR count). The SMILES string of the molecule is CS(=O)(=O)Nc1ccc(Cl)c(C(=O)Nc2ccccc2C(=O)c2ccccc2)c1. The molecule has 29 heavy (non-hydrogen) atoms. The molecule has 0 heterocycles. The van der Waals surface area contributed by atoms with Crippen LogP contribution in [0.3, 0.4) is 0 Å². The standard InChI is InChI=1S/C21H17ClN2O4S/c1-29(27,28)24-15-11-12-18(22)17(13-15)21(26)23-19-10-6-5-9-16(19)20(25)14-7-3-2-4-8-14/h2-13,24H,1H3,(H,23,26). The molecule has 1 amide bonds. The van der Waals surface area contributed by atoms with Gasteiger partial charge in [0.25, 0.3) is 5.91 Å². The van der Waals surface area contributed by atoms with Crippen LogP contribution in [0.1, 0.15) is 26.3 Å². The Bertz CT molecular complexity index is 1180. The van der Waals surface area contributed by atoms with Crippen LogP contribution in [0, 0.1) is 0 Å². The zero-order valence-electron chi connectivity index (χ0n) is 15.3. The third-order valence-corrected chi connectivity index (χ3v) is 4.91. The average molecular weight is 429 g/mol. The van der Waals surface area contributed by atoms with Crippen LogP contribution >= 0.6 is 11.6 Å². The number of anilines is 2. The molecule has 0 aliphatic heterocycles. The lowest BCUT2D eigenvalue weighted by atomic mass is 10.0. The number of hydrogen-bond donors (Lipinski definition) is 2. The van der Waals surface area contributed by atoms with E-state index >= 15 is 0 Å². The predicted octanol–water partition coefficient (Wildman–Crippen LogP) is 4.19. The Balaban J connectivity index is 1.91. The van der Waals surface area contributed by atoms with Crippen molar-refractivity contribution in [1.82, 2.24) is 0 Å². The Kier molecular flexibility index (Phi) is 6.00. The number of ketones is 1. The molecule has 0 saturated carbocycles. The summed E-state index contributed by atoms with van der Waals surface area (Å²) in [5.74, 6) is -0.805. The van der Waals surface area contributed by atoms with Crippen LogP contribution in [0.25, 0.3) is 0 Å². The minimum atomic E-state index is -3.51. The molecule has 2 N–H and O–H groups in total. The molecule has 3 aromatic rings. The molecule has 0 bridgehead atoms. The van der Waals surface area contributed by atoms with E-state index in [0.717, 1.165) is 6.26 Å². The first-order valence-corrected chi connectivity index (χ1v) is 10.8. The molecule has 0 atom stereocenters. The number of carbonyl (C=O) groups is 2. The summed E-state index contributed by atoms with van der Waals surface area (Å²) in [4.78, 5) is 25.6. The number of rotatable bonds is 6. The van der Waals surface area contributed by atoms with Gasteiger partial charge in [-0.2, -0.15) is 0 Å². The minimum Gasteiger partial charge on any atom is -0.321 e. The molecule has 0 radical (unpaired) electrons. The highest BCUT2D eigenvalue weighted by Crippen LogP contribution is 2.24. The zero-order valence-corrected chi connectivity index (χ0v) is 16.9. The third kappa shape index (κ3) is 5.22. The first kappa shape index (κ1) is 20.6. The minimum absolute atomic E-state index is 0.0716. The van der Waals surface area contributed by atoms with Crippen molar-refractivity contribution in [3.05, 3.63) is 94.5 Å². The lowest BCUT2D eigenvalue weighted by Crippen LogP contribution is -2.16. The highest BCUT2D eigenvalue weighted by Gasteiger charge is 2.17. The zero-order chi connectivity index (χ0) is 21.0. The van der Waals surface area contributed by atoms with Gasteiger partial charge in [0.1, 0.15) is 0 Å². The third-order valence-electron chi connectivity index (χ3n) is 3.97. The van der Waals surface area contributed by atoms with Crippen LogP contribution in [0.5, 0.6) is 0 Å². The van der Waals surface area contributed by atoms with Crippen LogP contribution in [0.4, 0.5) is 11.4 Å². The van der Waals surface area contributed by atoms with Gasteiger partial charge in [-0.05, 0) is 30.3 Å². The molecule has 6 nitrogen and oxygen atoms in total. The van der Waals surface area contributed by atoms with Crippen molar-refractivity contribution < 1.29 is 18.0 Å². The Hall–Kier alpha value is -3.16. The molecule has 8 heteroatoms. The summed E-state index contributed by atoms with van der Waals surface area (Å²) in [6, 6.07) is 19.5. The van der Waals surface area contributed by atoms with E-state index in [0.29, 0.717) is 16.8 Å². The van der Waals surface area contributed by atoms with Crippen molar-refractivity contribution in [3.8, 4) is 0 Å². The van der Waals surface area contributed by atoms with Gasteiger partial charge in [0.2, 0.25) is 10.0 Å². The van der Waals surface area contributed by atoms with Crippen LogP contribution in [0.2, 0.25) is 5.02 Å². The summed E-state index contributed by atoms with van der Waals surface area (Å²) < 4.78 is 25.2. The normalized spacial score (nSPS) is 11.0. The predicted molar refractivity (Wildman–Crippen MR) is 114 cm³/mol. The summed E-state index contributed by atoms with van der Waals surface area (Å²) in [7, 11) is -3.51. The lowest BCUT2D eigenvalue weighted by Gasteiger charge is -2.12. The second kappa shape index (κ2) is 8.46. The van der Waals surface area contributed by atoms with Crippen molar-refractivity contribution >= 4 is 44.7 Å². The highest BCUT2D eigenvalue weighted by atomic mass is 35.5. The summed E-state index contributed by atoms with van der Waals surface area (Å²) >= 11 is 6.12. The second-order valence-corrected chi connectivity index (χ2v) is 8.42. The van der Waals surface area contributed by atoms with Crippen LogP contribution < -0.4 is 10.0 Å². The summed E-state index contributed by atoms with van der Waals surface area (Å²) in [6.45, 7) is 0. The summed E-state index contributed by atoms with van der Waals surface area (Å²) in [6.07, 6.45) is 1.01. The van der Waals surface area contributed by atoms with Gasteiger partial charge in [-0.25, -0.2) is 8.42 Å². The average Bonchev–Trinajstić information content (AvgIpc) is 2.69. The molecule has 0 fully saturated rings. The number of benzene rings is 3. The quantitative estimate of drug-likeness (QED) is 0.575. The largest absolute Gasteiger partial charge is 0.321 e. The van der Waals surface area contributed by atoms with E-state index in [1.807, 2.05) is 6.07 Å². The number of nitrogens with one attached hydrogen (secondary N) is 2. The van der Waals surface area contributed by atoms with E-state index in [4.69, 9.17) is 11.6 Å². The molecule has 0 saturated heterocycles. The van der Waals surface area contributed by atoms with Crippen LogP contribution in [0.15, 0.2) is 72.8 Å². The number of sulfonamides is 1. The van der Waals surface area contributed by atoms with Gasteiger partial charge < -0.3 is 5.32 Å². The van der Waals surface area contributed by atoms with E-state index in [2.05, 4.69) is 10.0 Å². The topological polar surface area (TPSA) is 92.3 Å². The molecule has 0 aliphatic carbocycles. The number of para-hydroxylation sites is 1. The Labute approximate surface area is 173 Å². The summed E-state index contributed by atoms with van der Waals surface area (Å²) in [5, 5.41) is 2.83. The molecule has 0 aliphatic rings. The number of amides is 1. The van der Waals surface area contributed by atoms with Gasteiger partial charge in [0, 0.05) is 16.8 Å². The lowest BCUT2D eigenvalue weighted by molar-refractivity contribution is 0.102. The fourth-order valence-corrected chi connectivity index (χ4v) is 3.46. The fourth-order valence-electron chi connectivity index (χ4n) is 2.70. The van der Waals surface area contributed by atoms with Crippen LogP contribution in [-0.4, -0.2) is 26.4 Å². The van der Waals surface area contributed by atoms with Gasteiger partial charge in [0.05, 0.1) is 22.5 Å². The van der Waals surface area contributed by atoms with E-state index < -0.39 is 15.9 Å². The van der Waals surface area contributed by atoms with Crippen LogP contribution in [-0.2, 0) is 10.0 Å². The number of halogens is 1. The van der Waals surface area contributed by atoms with Gasteiger partial charge in [0.15, 0.2) is 5.78 Å². The molecule has 3 aromatic carbocycles. The first-order chi connectivity index (χ1) is 13.7. The molecule has 0 spiro atoms. The monoisotopic (exact) mass is 428 g/mol. The van der Waals surface area contributed by atoms with Crippen molar-refractivity contribution in [1.29, 1.82) is 0 Å². The molecular weight excluding hydrogens is 412 g/mol. The number of carbonyl (C=O) groups excluding carboxylic acids is 2. The first-order valence-electron chi connectivity index (χ1n) is 8.52. The van der Waals surface area contributed by atoms with E-state index in [1.165, 1.54) is 18.2 Å². The van der Waals surface area contributed by atoms with E-state index in [-0.39, 0.29) is 22.1 Å². The maximum absolute atomic E-state index is 12.8. The number of hydrogen-bond acceptors (Lipinski definition) is 4. The highest BCUT2D eigenvalue weighted by molar-refractivity contribution is 7.92. The van der Waals surface area contributed by atoms with Crippen molar-refractivity contribution in [2.75, 3.05) is 16.3 Å². The molecule has 0 unspecified atom stereocenters. The van der Waals surface area contributed by atoms with Gasteiger partial charge in [-0.1, -0.05) is 54.1 Å². The molecular formula is C21H17ClN2O4S. The Morgan fingerprint density at radius 2 is 1.52 bits per heavy atom.